The first-order valence-corrected chi connectivity index (χ1v) is 9.92. The molecule has 0 saturated heterocycles. The third-order valence-electron chi connectivity index (χ3n) is 4.50. The molecule has 0 bridgehead atoms. The average Bonchev–Trinajstić information content (AvgIpc) is 2.55. The summed E-state index contributed by atoms with van der Waals surface area (Å²) in [5.74, 6) is 0.464. The van der Waals surface area contributed by atoms with Gasteiger partial charge < -0.3 is 0 Å². The van der Waals surface area contributed by atoms with Crippen LogP contribution in [0.4, 0.5) is 0 Å². The molecular weight excluding hydrogens is 318 g/mol. The standard InChI is InChI=1S/C20H27NO2S/c1-6-20(18-10-8-17(9-11-18)14(2)3)21-24(22,23)19-12-7-15(4)16(5)13-19/h7-14,20-21H,6H2,1-5H3. The predicted molar refractivity (Wildman–Crippen MR) is 99.8 cm³/mol. The second-order valence-electron chi connectivity index (χ2n) is 6.65. The molecule has 2 rings (SSSR count). The first kappa shape index (κ1) is 18.7. The highest BCUT2D eigenvalue weighted by molar-refractivity contribution is 7.89. The van der Waals surface area contributed by atoms with Crippen molar-refractivity contribution in [2.75, 3.05) is 0 Å². The van der Waals surface area contributed by atoms with Crippen LogP contribution in [0.1, 0.15) is 61.4 Å². The zero-order valence-electron chi connectivity index (χ0n) is 15.1. The summed E-state index contributed by atoms with van der Waals surface area (Å²) in [6.07, 6.45) is 0.700. The molecule has 0 fully saturated rings. The van der Waals surface area contributed by atoms with Crippen LogP contribution in [0.3, 0.4) is 0 Å². The lowest BCUT2D eigenvalue weighted by atomic mass is 9.98. The monoisotopic (exact) mass is 345 g/mol. The largest absolute Gasteiger partial charge is 0.241 e. The molecule has 1 atom stereocenters. The highest BCUT2D eigenvalue weighted by atomic mass is 32.2. The van der Waals surface area contributed by atoms with Crippen LogP contribution >= 0.6 is 0 Å². The van der Waals surface area contributed by atoms with Crippen molar-refractivity contribution in [3.05, 3.63) is 64.7 Å². The molecular formula is C20H27NO2S. The summed E-state index contributed by atoms with van der Waals surface area (Å²) in [6.45, 7) is 10.2. The van der Waals surface area contributed by atoms with E-state index >= 15 is 0 Å². The van der Waals surface area contributed by atoms with Gasteiger partial charge in [-0.05, 0) is 60.6 Å². The molecule has 2 aromatic carbocycles. The van der Waals surface area contributed by atoms with E-state index in [0.717, 1.165) is 16.7 Å². The zero-order chi connectivity index (χ0) is 17.9. The average molecular weight is 346 g/mol. The molecule has 24 heavy (non-hydrogen) atoms. The van der Waals surface area contributed by atoms with E-state index in [1.54, 1.807) is 12.1 Å². The van der Waals surface area contributed by atoms with Gasteiger partial charge in [0.05, 0.1) is 4.90 Å². The molecule has 0 aliphatic rings. The van der Waals surface area contributed by atoms with E-state index in [1.165, 1.54) is 5.56 Å². The Labute approximate surface area is 146 Å². The lowest BCUT2D eigenvalue weighted by molar-refractivity contribution is 0.550. The molecule has 4 heteroatoms. The Kier molecular flexibility index (Phi) is 5.83. The number of nitrogens with one attached hydrogen (secondary N) is 1. The van der Waals surface area contributed by atoms with E-state index in [0.29, 0.717) is 17.2 Å². The molecule has 0 spiro atoms. The SMILES string of the molecule is CCC(NS(=O)(=O)c1ccc(C)c(C)c1)c1ccc(C(C)C)cc1. The molecule has 0 aliphatic heterocycles. The number of benzene rings is 2. The van der Waals surface area contributed by atoms with Crippen molar-refractivity contribution in [3.63, 3.8) is 0 Å². The normalized spacial score (nSPS) is 13.2. The van der Waals surface area contributed by atoms with Crippen molar-refractivity contribution in [1.29, 1.82) is 0 Å². The van der Waals surface area contributed by atoms with Gasteiger partial charge in [-0.3, -0.25) is 0 Å². The summed E-state index contributed by atoms with van der Waals surface area (Å²) in [5.41, 5.74) is 4.32. The van der Waals surface area contributed by atoms with Crippen molar-refractivity contribution < 1.29 is 8.42 Å². The molecule has 0 amide bonds. The fraction of sp³-hybridized carbons (Fsp3) is 0.400. The van der Waals surface area contributed by atoms with E-state index in [1.807, 2.05) is 39.0 Å². The fourth-order valence-electron chi connectivity index (χ4n) is 2.64. The Morgan fingerprint density at radius 3 is 2.00 bits per heavy atom. The first-order chi connectivity index (χ1) is 11.2. The van der Waals surface area contributed by atoms with Gasteiger partial charge in [0.1, 0.15) is 0 Å². The molecule has 1 N–H and O–H groups in total. The molecule has 0 radical (unpaired) electrons. The Hall–Kier alpha value is -1.65. The van der Waals surface area contributed by atoms with Crippen molar-refractivity contribution in [1.82, 2.24) is 4.72 Å². The zero-order valence-corrected chi connectivity index (χ0v) is 15.9. The van der Waals surface area contributed by atoms with Gasteiger partial charge in [-0.15, -0.1) is 0 Å². The van der Waals surface area contributed by atoms with Gasteiger partial charge in [-0.2, -0.15) is 0 Å². The summed E-state index contributed by atoms with van der Waals surface area (Å²) >= 11 is 0. The quantitative estimate of drug-likeness (QED) is 0.813. The van der Waals surface area contributed by atoms with Crippen LogP contribution in [-0.4, -0.2) is 8.42 Å². The number of hydrogen-bond donors (Lipinski definition) is 1. The van der Waals surface area contributed by atoms with Gasteiger partial charge in [0.25, 0.3) is 0 Å². The summed E-state index contributed by atoms with van der Waals surface area (Å²) < 4.78 is 28.2. The minimum absolute atomic E-state index is 0.224. The van der Waals surface area contributed by atoms with E-state index in [4.69, 9.17) is 0 Å². The third-order valence-corrected chi connectivity index (χ3v) is 5.97. The topological polar surface area (TPSA) is 46.2 Å². The molecule has 0 aliphatic carbocycles. The minimum atomic E-state index is -3.54. The number of hydrogen-bond acceptors (Lipinski definition) is 2. The fourth-order valence-corrected chi connectivity index (χ4v) is 4.03. The first-order valence-electron chi connectivity index (χ1n) is 8.44. The lowest BCUT2D eigenvalue weighted by Gasteiger charge is -2.19. The number of sulfonamides is 1. The lowest BCUT2D eigenvalue weighted by Crippen LogP contribution is -2.28. The maximum absolute atomic E-state index is 12.7. The molecule has 130 valence electrons. The van der Waals surface area contributed by atoms with Crippen LogP contribution in [0.2, 0.25) is 0 Å². The molecule has 0 aromatic heterocycles. The van der Waals surface area contributed by atoms with E-state index in [9.17, 15) is 8.42 Å². The number of aryl methyl sites for hydroxylation is 2. The maximum Gasteiger partial charge on any atom is 0.241 e. The van der Waals surface area contributed by atoms with Gasteiger partial charge in [0.15, 0.2) is 0 Å². The molecule has 2 aromatic rings. The van der Waals surface area contributed by atoms with Crippen molar-refractivity contribution >= 4 is 10.0 Å². The smallest absolute Gasteiger partial charge is 0.207 e. The molecule has 3 nitrogen and oxygen atoms in total. The Bertz CT molecular complexity index is 793. The highest BCUT2D eigenvalue weighted by Gasteiger charge is 2.20. The predicted octanol–water partition coefficient (Wildman–Crippen LogP) is 4.86. The maximum atomic E-state index is 12.7. The van der Waals surface area contributed by atoms with Gasteiger partial charge in [0, 0.05) is 6.04 Å². The van der Waals surface area contributed by atoms with Crippen LogP contribution in [-0.2, 0) is 10.0 Å². The summed E-state index contributed by atoms with van der Waals surface area (Å²) in [5, 5.41) is 0. The Balaban J connectivity index is 2.26. The van der Waals surface area contributed by atoms with E-state index < -0.39 is 10.0 Å². The van der Waals surface area contributed by atoms with Crippen molar-refractivity contribution in [2.24, 2.45) is 0 Å². The van der Waals surface area contributed by atoms with Crippen LogP contribution in [0.15, 0.2) is 47.4 Å². The summed E-state index contributed by atoms with van der Waals surface area (Å²) in [4.78, 5) is 0.322. The highest BCUT2D eigenvalue weighted by Crippen LogP contribution is 2.23. The van der Waals surface area contributed by atoms with Gasteiger partial charge in [-0.25, -0.2) is 13.1 Å². The van der Waals surface area contributed by atoms with E-state index in [2.05, 4.69) is 30.7 Å². The number of rotatable bonds is 6. The second-order valence-corrected chi connectivity index (χ2v) is 8.36. The van der Waals surface area contributed by atoms with Gasteiger partial charge >= 0.3 is 0 Å². The minimum Gasteiger partial charge on any atom is -0.207 e. The van der Waals surface area contributed by atoms with Gasteiger partial charge in [0.2, 0.25) is 10.0 Å². The molecule has 0 heterocycles. The van der Waals surface area contributed by atoms with Crippen LogP contribution < -0.4 is 4.72 Å². The molecule has 0 saturated carbocycles. The van der Waals surface area contributed by atoms with Crippen LogP contribution in [0, 0.1) is 13.8 Å². The second kappa shape index (κ2) is 7.49. The third kappa shape index (κ3) is 4.25. The van der Waals surface area contributed by atoms with Crippen LogP contribution in [0.25, 0.3) is 0 Å². The Morgan fingerprint density at radius 2 is 1.50 bits per heavy atom. The van der Waals surface area contributed by atoms with Crippen LogP contribution in [0.5, 0.6) is 0 Å². The van der Waals surface area contributed by atoms with Crippen molar-refractivity contribution in [2.45, 2.75) is 57.9 Å². The summed E-state index contributed by atoms with van der Waals surface area (Å²) in [7, 11) is -3.54. The van der Waals surface area contributed by atoms with E-state index in [-0.39, 0.29) is 6.04 Å². The summed E-state index contributed by atoms with van der Waals surface area (Å²) in [6, 6.07) is 13.2. The Morgan fingerprint density at radius 1 is 0.917 bits per heavy atom. The van der Waals surface area contributed by atoms with Crippen molar-refractivity contribution in [3.8, 4) is 0 Å². The van der Waals surface area contributed by atoms with Gasteiger partial charge in [-0.1, -0.05) is 51.1 Å². The molecule has 1 unspecified atom stereocenters.